The highest BCUT2D eigenvalue weighted by atomic mass is 35.5. The summed E-state index contributed by atoms with van der Waals surface area (Å²) in [6, 6.07) is 18.4. The van der Waals surface area contributed by atoms with Crippen LogP contribution in [0.3, 0.4) is 0 Å². The van der Waals surface area contributed by atoms with Gasteiger partial charge in [0, 0.05) is 11.1 Å². The summed E-state index contributed by atoms with van der Waals surface area (Å²) in [4.78, 5) is 0. The van der Waals surface area contributed by atoms with Crippen molar-refractivity contribution in [3.8, 4) is 0 Å². The van der Waals surface area contributed by atoms with Crippen LogP contribution in [0.2, 0.25) is 0 Å². The number of halogens is 4. The van der Waals surface area contributed by atoms with E-state index in [9.17, 15) is 13.2 Å². The fourth-order valence-corrected chi connectivity index (χ4v) is 2.55. The fraction of sp³-hybridized carbons (Fsp3) is 0.0526. The molecule has 0 bridgehead atoms. The molecule has 0 aliphatic rings. The largest absolute Gasteiger partial charge is 0.417 e. The number of benzene rings is 3. The van der Waals surface area contributed by atoms with Crippen molar-refractivity contribution in [3.05, 3.63) is 83.4 Å². The molecule has 3 aromatic rings. The number of alkyl halides is 3. The molecule has 0 saturated heterocycles. The average Bonchev–Trinajstić information content (AvgIpc) is 2.60. The lowest BCUT2D eigenvalue weighted by Gasteiger charge is -2.08. The molecule has 3 aromatic carbocycles. The predicted molar refractivity (Wildman–Crippen MR) is 95.4 cm³/mol. The Morgan fingerprint density at radius 1 is 0.880 bits per heavy atom. The molecule has 0 heterocycles. The maximum absolute atomic E-state index is 12.9. The van der Waals surface area contributed by atoms with Crippen LogP contribution in [0, 0.1) is 0 Å². The van der Waals surface area contributed by atoms with Gasteiger partial charge in [-0.25, -0.2) is 0 Å². The van der Waals surface area contributed by atoms with E-state index in [4.69, 9.17) is 11.6 Å². The smallest absolute Gasteiger partial charge is 0.166 e. The molecule has 25 heavy (non-hydrogen) atoms. The standard InChI is InChI=1S/C19H12ClF3N2/c20-18(15-10-9-13-5-1-2-6-14(13)11-15)25-24-12-16-7-3-4-8-17(16)19(21,22)23/h1-12H. The van der Waals surface area contributed by atoms with E-state index in [1.807, 2.05) is 36.4 Å². The zero-order chi connectivity index (χ0) is 17.9. The molecule has 0 spiro atoms. The number of rotatable bonds is 3. The molecule has 126 valence electrons. The van der Waals surface area contributed by atoms with E-state index < -0.39 is 11.7 Å². The van der Waals surface area contributed by atoms with Gasteiger partial charge in [-0.05, 0) is 22.9 Å². The Hall–Kier alpha value is -2.66. The second kappa shape index (κ2) is 7.07. The highest BCUT2D eigenvalue weighted by molar-refractivity contribution is 6.69. The SMILES string of the molecule is FC(F)(F)c1ccccc1C=NN=C(Cl)c1ccc2ccccc2c1. The van der Waals surface area contributed by atoms with Crippen LogP contribution in [-0.4, -0.2) is 11.4 Å². The molecule has 0 saturated carbocycles. The maximum Gasteiger partial charge on any atom is 0.417 e. The van der Waals surface area contributed by atoms with Crippen molar-refractivity contribution in [2.75, 3.05) is 0 Å². The third kappa shape index (κ3) is 4.06. The quantitative estimate of drug-likeness (QED) is 0.411. The van der Waals surface area contributed by atoms with Crippen molar-refractivity contribution in [3.63, 3.8) is 0 Å². The van der Waals surface area contributed by atoms with Crippen LogP contribution in [-0.2, 0) is 6.18 Å². The Balaban J connectivity index is 1.87. The average molecular weight is 361 g/mol. The summed E-state index contributed by atoms with van der Waals surface area (Å²) in [5, 5.41) is 9.65. The fourth-order valence-electron chi connectivity index (χ4n) is 2.38. The van der Waals surface area contributed by atoms with Gasteiger partial charge in [0.1, 0.15) is 0 Å². The van der Waals surface area contributed by atoms with Gasteiger partial charge in [0.15, 0.2) is 5.17 Å². The lowest BCUT2D eigenvalue weighted by atomic mass is 10.1. The maximum atomic E-state index is 12.9. The van der Waals surface area contributed by atoms with Gasteiger partial charge in [0.05, 0.1) is 11.8 Å². The molecule has 6 heteroatoms. The Labute approximate surface area is 147 Å². The third-order valence-corrected chi connectivity index (χ3v) is 3.89. The molecule has 0 aromatic heterocycles. The molecule has 0 aliphatic heterocycles. The van der Waals surface area contributed by atoms with E-state index >= 15 is 0 Å². The molecule has 0 radical (unpaired) electrons. The molecule has 0 atom stereocenters. The first-order chi connectivity index (χ1) is 11.9. The van der Waals surface area contributed by atoms with Crippen molar-refractivity contribution in [2.24, 2.45) is 10.2 Å². The molecule has 3 rings (SSSR count). The van der Waals surface area contributed by atoms with Crippen molar-refractivity contribution in [2.45, 2.75) is 6.18 Å². The van der Waals surface area contributed by atoms with Crippen molar-refractivity contribution in [1.29, 1.82) is 0 Å². The lowest BCUT2D eigenvalue weighted by molar-refractivity contribution is -0.137. The normalized spacial score (nSPS) is 12.9. The molecule has 0 amide bonds. The van der Waals surface area contributed by atoms with E-state index in [0.29, 0.717) is 5.56 Å². The first-order valence-electron chi connectivity index (χ1n) is 7.37. The highest BCUT2D eigenvalue weighted by Crippen LogP contribution is 2.31. The van der Waals surface area contributed by atoms with E-state index in [-0.39, 0.29) is 10.7 Å². The third-order valence-electron chi connectivity index (χ3n) is 3.60. The van der Waals surface area contributed by atoms with E-state index in [2.05, 4.69) is 10.2 Å². The van der Waals surface area contributed by atoms with Crippen molar-refractivity contribution < 1.29 is 13.2 Å². The Kier molecular flexibility index (Phi) is 4.86. The van der Waals surface area contributed by atoms with Crippen LogP contribution < -0.4 is 0 Å². The topological polar surface area (TPSA) is 24.7 Å². The molecule has 2 nitrogen and oxygen atoms in total. The minimum absolute atomic E-state index is 0.0678. The van der Waals surface area contributed by atoms with Gasteiger partial charge in [-0.1, -0.05) is 66.2 Å². The summed E-state index contributed by atoms with van der Waals surface area (Å²) in [7, 11) is 0. The number of nitrogens with zero attached hydrogens (tertiary/aromatic N) is 2. The zero-order valence-electron chi connectivity index (χ0n) is 12.8. The number of hydrogen-bond donors (Lipinski definition) is 0. The van der Waals surface area contributed by atoms with Crippen molar-refractivity contribution in [1.82, 2.24) is 0 Å². The van der Waals surface area contributed by atoms with Gasteiger partial charge >= 0.3 is 6.18 Å². The van der Waals surface area contributed by atoms with Gasteiger partial charge < -0.3 is 0 Å². The highest BCUT2D eigenvalue weighted by Gasteiger charge is 2.32. The van der Waals surface area contributed by atoms with Gasteiger partial charge in [-0.2, -0.15) is 18.3 Å². The molecular formula is C19H12ClF3N2. The summed E-state index contributed by atoms with van der Waals surface area (Å²) in [5.41, 5.74) is -0.195. The van der Waals surface area contributed by atoms with E-state index in [1.54, 1.807) is 6.07 Å². The predicted octanol–water partition coefficient (Wildman–Crippen LogP) is 5.88. The van der Waals surface area contributed by atoms with Crippen LogP contribution in [0.25, 0.3) is 10.8 Å². The van der Waals surface area contributed by atoms with Crippen LogP contribution in [0.1, 0.15) is 16.7 Å². The molecule has 0 fully saturated rings. The first kappa shape index (κ1) is 17.2. The monoisotopic (exact) mass is 360 g/mol. The van der Waals surface area contributed by atoms with Crippen molar-refractivity contribution >= 4 is 33.8 Å². The summed E-state index contributed by atoms with van der Waals surface area (Å²) in [5.74, 6) is 0. The van der Waals surface area contributed by atoms with E-state index in [0.717, 1.165) is 23.1 Å². The van der Waals surface area contributed by atoms with Crippen LogP contribution >= 0.6 is 11.6 Å². The van der Waals surface area contributed by atoms with Crippen LogP contribution in [0.5, 0.6) is 0 Å². The second-order valence-corrected chi connectivity index (χ2v) is 5.64. The van der Waals surface area contributed by atoms with Crippen LogP contribution in [0.4, 0.5) is 13.2 Å². The Morgan fingerprint density at radius 3 is 2.32 bits per heavy atom. The Morgan fingerprint density at radius 2 is 1.56 bits per heavy atom. The van der Waals surface area contributed by atoms with E-state index in [1.165, 1.54) is 18.2 Å². The lowest BCUT2D eigenvalue weighted by Crippen LogP contribution is -2.08. The molecule has 0 N–H and O–H groups in total. The minimum atomic E-state index is -4.45. The van der Waals surface area contributed by atoms with Gasteiger partial charge in [0.25, 0.3) is 0 Å². The summed E-state index contributed by atoms with van der Waals surface area (Å²) in [6.07, 6.45) is -3.40. The molecule has 0 unspecified atom stereocenters. The minimum Gasteiger partial charge on any atom is -0.166 e. The molecule has 0 aliphatic carbocycles. The molecular weight excluding hydrogens is 349 g/mol. The summed E-state index contributed by atoms with van der Waals surface area (Å²) >= 11 is 6.12. The number of hydrogen-bond acceptors (Lipinski definition) is 2. The second-order valence-electron chi connectivity index (χ2n) is 5.28. The number of fused-ring (bicyclic) bond motifs is 1. The van der Waals surface area contributed by atoms with Gasteiger partial charge in [-0.15, -0.1) is 5.10 Å². The zero-order valence-corrected chi connectivity index (χ0v) is 13.6. The first-order valence-corrected chi connectivity index (χ1v) is 7.75. The van der Waals surface area contributed by atoms with Gasteiger partial charge in [-0.3, -0.25) is 0 Å². The van der Waals surface area contributed by atoms with Crippen LogP contribution in [0.15, 0.2) is 76.9 Å². The summed E-state index contributed by atoms with van der Waals surface area (Å²) in [6.45, 7) is 0. The Bertz CT molecular complexity index is 962. The summed E-state index contributed by atoms with van der Waals surface area (Å²) < 4.78 is 38.8. The van der Waals surface area contributed by atoms with Gasteiger partial charge in [0.2, 0.25) is 0 Å².